The second kappa shape index (κ2) is 5.28. The Morgan fingerprint density at radius 1 is 1.61 bits per heavy atom. The maximum Gasteiger partial charge on any atom is 0.306 e. The van der Waals surface area contributed by atoms with Crippen LogP contribution in [0.5, 0.6) is 0 Å². The summed E-state index contributed by atoms with van der Waals surface area (Å²) in [5.74, 6) is -1.29. The third kappa shape index (κ3) is 3.31. The average Bonchev–Trinajstić information content (AvgIpc) is 3.06. The largest absolute Gasteiger partial charge is 0.481 e. The van der Waals surface area contributed by atoms with Crippen LogP contribution in [0.15, 0.2) is 10.6 Å². The zero-order chi connectivity index (χ0) is 13.3. The Morgan fingerprint density at radius 3 is 2.83 bits per heavy atom. The molecule has 1 aliphatic carbocycles. The van der Waals surface area contributed by atoms with Gasteiger partial charge in [-0.3, -0.25) is 4.79 Å². The number of halogens is 1. The number of carboxylic acid groups (broad SMARTS) is 1. The minimum atomic E-state index is -3.49. The van der Waals surface area contributed by atoms with Crippen molar-refractivity contribution in [3.8, 4) is 0 Å². The lowest BCUT2D eigenvalue weighted by Crippen LogP contribution is -2.43. The normalized spacial score (nSPS) is 28.8. The number of nitrogens with zero attached hydrogens (tertiary/aromatic N) is 1. The molecule has 0 aromatic heterocycles. The summed E-state index contributed by atoms with van der Waals surface area (Å²) >= 11 is 3.33. The van der Waals surface area contributed by atoms with E-state index in [0.717, 1.165) is 4.48 Å². The number of aliphatic carboxylic acids is 1. The molecule has 0 aromatic carbocycles. The van der Waals surface area contributed by atoms with E-state index in [1.807, 2.05) is 6.08 Å². The lowest BCUT2D eigenvalue weighted by molar-refractivity contribution is -0.138. The quantitative estimate of drug-likeness (QED) is 0.765. The molecule has 0 amide bonds. The fourth-order valence-corrected chi connectivity index (χ4v) is 3.46. The van der Waals surface area contributed by atoms with Gasteiger partial charge in [0.2, 0.25) is 0 Å². The van der Waals surface area contributed by atoms with Gasteiger partial charge in [0.25, 0.3) is 10.2 Å². The Balaban J connectivity index is 1.83. The van der Waals surface area contributed by atoms with E-state index in [2.05, 4.69) is 20.7 Å². The van der Waals surface area contributed by atoms with Crippen molar-refractivity contribution in [1.29, 1.82) is 0 Å². The van der Waals surface area contributed by atoms with Crippen molar-refractivity contribution in [2.75, 3.05) is 19.6 Å². The standard InChI is InChI=1S/C10H15BrN2O4S/c11-8-1-3-13(4-2-8)18(16,17)12-6-7-5-9(7)10(14)15/h1,7,9,12H,2-6H2,(H,14,15)/t7-,9-/m1/s1. The van der Waals surface area contributed by atoms with Gasteiger partial charge in [0, 0.05) is 19.6 Å². The summed E-state index contributed by atoms with van der Waals surface area (Å²) < 4.78 is 28.7. The molecule has 102 valence electrons. The highest BCUT2D eigenvalue weighted by molar-refractivity contribution is 9.11. The van der Waals surface area contributed by atoms with Crippen LogP contribution in [0.1, 0.15) is 12.8 Å². The van der Waals surface area contributed by atoms with Gasteiger partial charge in [-0.15, -0.1) is 0 Å². The maximum atomic E-state index is 11.9. The van der Waals surface area contributed by atoms with Crippen molar-refractivity contribution in [3.05, 3.63) is 10.6 Å². The fraction of sp³-hybridized carbons (Fsp3) is 0.700. The molecule has 2 aliphatic rings. The number of hydrogen-bond acceptors (Lipinski definition) is 3. The van der Waals surface area contributed by atoms with Crippen LogP contribution in [0.2, 0.25) is 0 Å². The van der Waals surface area contributed by atoms with E-state index in [-0.39, 0.29) is 18.4 Å². The van der Waals surface area contributed by atoms with E-state index < -0.39 is 16.2 Å². The summed E-state index contributed by atoms with van der Waals surface area (Å²) in [6.07, 6.45) is 3.05. The van der Waals surface area contributed by atoms with Gasteiger partial charge < -0.3 is 5.11 Å². The molecule has 18 heavy (non-hydrogen) atoms. The summed E-state index contributed by atoms with van der Waals surface area (Å²) in [6.45, 7) is 1.00. The van der Waals surface area contributed by atoms with Gasteiger partial charge >= 0.3 is 5.97 Å². The van der Waals surface area contributed by atoms with Crippen LogP contribution in [0, 0.1) is 11.8 Å². The lowest BCUT2D eigenvalue weighted by Gasteiger charge is -2.24. The van der Waals surface area contributed by atoms with E-state index >= 15 is 0 Å². The van der Waals surface area contributed by atoms with Crippen LogP contribution in [0.3, 0.4) is 0 Å². The highest BCUT2D eigenvalue weighted by Gasteiger charge is 2.43. The Labute approximate surface area is 114 Å². The third-order valence-corrected chi connectivity index (χ3v) is 5.49. The monoisotopic (exact) mass is 338 g/mol. The van der Waals surface area contributed by atoms with Crippen molar-refractivity contribution in [1.82, 2.24) is 9.03 Å². The van der Waals surface area contributed by atoms with Crippen molar-refractivity contribution in [2.45, 2.75) is 12.8 Å². The van der Waals surface area contributed by atoms with E-state index in [0.29, 0.717) is 25.9 Å². The topological polar surface area (TPSA) is 86.7 Å². The van der Waals surface area contributed by atoms with Crippen LogP contribution in [-0.2, 0) is 15.0 Å². The second-order valence-electron chi connectivity index (χ2n) is 4.55. The molecule has 0 spiro atoms. The fourth-order valence-electron chi connectivity index (χ4n) is 1.92. The first kappa shape index (κ1) is 14.0. The molecule has 2 N–H and O–H groups in total. The number of rotatable bonds is 5. The minimum Gasteiger partial charge on any atom is -0.481 e. The van der Waals surface area contributed by atoms with E-state index in [4.69, 9.17) is 5.11 Å². The molecule has 1 fully saturated rings. The number of carboxylic acids is 1. The van der Waals surface area contributed by atoms with Crippen LogP contribution >= 0.6 is 15.9 Å². The first-order valence-corrected chi connectivity index (χ1v) is 7.95. The molecule has 0 saturated heterocycles. The highest BCUT2D eigenvalue weighted by atomic mass is 79.9. The number of hydrogen-bond donors (Lipinski definition) is 2. The molecule has 0 unspecified atom stereocenters. The van der Waals surface area contributed by atoms with E-state index in [9.17, 15) is 13.2 Å². The zero-order valence-electron chi connectivity index (χ0n) is 9.67. The van der Waals surface area contributed by atoms with Gasteiger partial charge in [-0.05, 0) is 23.2 Å². The van der Waals surface area contributed by atoms with Gasteiger partial charge in [0.15, 0.2) is 0 Å². The molecule has 2 atom stereocenters. The summed E-state index contributed by atoms with van der Waals surface area (Å²) in [7, 11) is -3.49. The van der Waals surface area contributed by atoms with Crippen LogP contribution < -0.4 is 4.72 Å². The van der Waals surface area contributed by atoms with Gasteiger partial charge in [0.1, 0.15) is 0 Å². The Hall–Kier alpha value is -0.440. The molecule has 1 saturated carbocycles. The molecule has 1 heterocycles. The Kier molecular flexibility index (Phi) is 4.10. The predicted octanol–water partition coefficient (Wildman–Crippen LogP) is 0.526. The Morgan fingerprint density at radius 2 is 2.33 bits per heavy atom. The summed E-state index contributed by atoms with van der Waals surface area (Å²) in [6, 6.07) is 0. The number of carbonyl (C=O) groups is 1. The predicted molar refractivity (Wildman–Crippen MR) is 69.4 cm³/mol. The molecule has 6 nitrogen and oxygen atoms in total. The van der Waals surface area contributed by atoms with Crippen molar-refractivity contribution >= 4 is 32.1 Å². The van der Waals surface area contributed by atoms with E-state index in [1.165, 1.54) is 4.31 Å². The van der Waals surface area contributed by atoms with E-state index in [1.54, 1.807) is 0 Å². The second-order valence-corrected chi connectivity index (χ2v) is 7.33. The van der Waals surface area contributed by atoms with Gasteiger partial charge in [0.05, 0.1) is 5.92 Å². The summed E-state index contributed by atoms with van der Waals surface area (Å²) in [4.78, 5) is 10.6. The van der Waals surface area contributed by atoms with Crippen molar-refractivity contribution in [2.24, 2.45) is 11.8 Å². The summed E-state index contributed by atoms with van der Waals surface area (Å²) in [5.41, 5.74) is 0. The van der Waals surface area contributed by atoms with Gasteiger partial charge in [-0.2, -0.15) is 12.7 Å². The van der Waals surface area contributed by atoms with Gasteiger partial charge in [-0.25, -0.2) is 4.72 Å². The Bertz CT molecular complexity index is 476. The molecule has 0 aromatic rings. The van der Waals surface area contributed by atoms with Crippen molar-refractivity contribution in [3.63, 3.8) is 0 Å². The molecular formula is C10H15BrN2O4S. The highest BCUT2D eigenvalue weighted by Crippen LogP contribution is 2.38. The minimum absolute atomic E-state index is 0.0654. The van der Waals surface area contributed by atoms with Crippen LogP contribution in [0.4, 0.5) is 0 Å². The molecule has 0 radical (unpaired) electrons. The molecule has 0 bridgehead atoms. The van der Waals surface area contributed by atoms with Crippen LogP contribution in [0.25, 0.3) is 0 Å². The number of nitrogens with one attached hydrogen (secondary N) is 1. The SMILES string of the molecule is O=C(O)[C@@H]1C[C@@H]1CNS(=O)(=O)N1CC=C(Br)CC1. The first-order chi connectivity index (χ1) is 8.40. The van der Waals surface area contributed by atoms with Crippen LogP contribution in [-0.4, -0.2) is 43.4 Å². The zero-order valence-corrected chi connectivity index (χ0v) is 12.1. The smallest absolute Gasteiger partial charge is 0.306 e. The first-order valence-electron chi connectivity index (χ1n) is 5.72. The molecule has 1 aliphatic heterocycles. The van der Waals surface area contributed by atoms with Gasteiger partial charge in [-0.1, -0.05) is 22.0 Å². The van der Waals surface area contributed by atoms with Crippen molar-refractivity contribution < 1.29 is 18.3 Å². The average molecular weight is 339 g/mol. The maximum absolute atomic E-state index is 11.9. The molecule has 8 heteroatoms. The molecular weight excluding hydrogens is 324 g/mol. The summed E-state index contributed by atoms with van der Waals surface area (Å²) in [5, 5.41) is 8.73. The third-order valence-electron chi connectivity index (χ3n) is 3.22. The molecule has 2 rings (SSSR count). The lowest BCUT2D eigenvalue weighted by atomic mass is 10.3.